The van der Waals surface area contributed by atoms with Crippen LogP contribution in [0.5, 0.6) is 5.75 Å². The van der Waals surface area contributed by atoms with Gasteiger partial charge in [0.2, 0.25) is 0 Å². The first-order valence-corrected chi connectivity index (χ1v) is 4.84. The van der Waals surface area contributed by atoms with Crippen LogP contribution in [0.15, 0.2) is 24.3 Å². The van der Waals surface area contributed by atoms with E-state index in [0.29, 0.717) is 6.61 Å². The smallest absolute Gasteiger partial charge is 0.407 e. The highest BCUT2D eigenvalue weighted by molar-refractivity contribution is 5.69. The van der Waals surface area contributed by atoms with Crippen LogP contribution in [0.3, 0.4) is 0 Å². The number of amides is 1. The van der Waals surface area contributed by atoms with E-state index >= 15 is 0 Å². The minimum absolute atomic E-state index is 0.0888. The number of ether oxygens (including phenoxy) is 2. The Balaban J connectivity index is 1.96. The molecule has 0 spiro atoms. The molecule has 0 bridgehead atoms. The summed E-state index contributed by atoms with van der Waals surface area (Å²) in [6.45, 7) is 0.449. The fourth-order valence-corrected chi connectivity index (χ4v) is 1.58. The van der Waals surface area contributed by atoms with Gasteiger partial charge >= 0.3 is 6.09 Å². The van der Waals surface area contributed by atoms with Gasteiger partial charge in [-0.1, -0.05) is 12.1 Å². The van der Waals surface area contributed by atoms with Crippen molar-refractivity contribution < 1.29 is 14.3 Å². The molecule has 0 radical (unpaired) electrons. The second-order valence-electron chi connectivity index (χ2n) is 3.49. The second-order valence-corrected chi connectivity index (χ2v) is 3.49. The average molecular weight is 207 g/mol. The largest absolute Gasteiger partial charge is 0.497 e. The molecule has 1 aromatic carbocycles. The Labute approximate surface area is 88.2 Å². The second kappa shape index (κ2) is 4.21. The molecule has 4 heteroatoms. The number of nitrogens with one attached hydrogen (secondary N) is 1. The van der Waals surface area contributed by atoms with Crippen molar-refractivity contribution in [1.82, 2.24) is 5.32 Å². The molecule has 80 valence electrons. The van der Waals surface area contributed by atoms with Gasteiger partial charge in [0.1, 0.15) is 12.4 Å². The highest BCUT2D eigenvalue weighted by Crippen LogP contribution is 2.13. The Morgan fingerprint density at radius 1 is 1.47 bits per heavy atom. The number of carbonyl (C=O) groups excluding carboxylic acids is 1. The van der Waals surface area contributed by atoms with Crippen LogP contribution in [0.25, 0.3) is 0 Å². The summed E-state index contributed by atoms with van der Waals surface area (Å²) in [5, 5.41) is 2.74. The van der Waals surface area contributed by atoms with Gasteiger partial charge in [-0.15, -0.1) is 0 Å². The van der Waals surface area contributed by atoms with Crippen LogP contribution in [-0.4, -0.2) is 25.9 Å². The third-order valence-electron chi connectivity index (χ3n) is 2.38. The quantitative estimate of drug-likeness (QED) is 0.813. The van der Waals surface area contributed by atoms with E-state index in [1.807, 2.05) is 24.3 Å². The number of cyclic esters (lactones) is 1. The van der Waals surface area contributed by atoms with E-state index in [1.165, 1.54) is 0 Å². The van der Waals surface area contributed by atoms with Crippen molar-refractivity contribution in [3.63, 3.8) is 0 Å². The van der Waals surface area contributed by atoms with Gasteiger partial charge in [-0.05, 0) is 24.1 Å². The lowest BCUT2D eigenvalue weighted by molar-refractivity contribution is 0.177. The summed E-state index contributed by atoms with van der Waals surface area (Å²) in [5.74, 6) is 0.838. The number of rotatable bonds is 3. The minimum Gasteiger partial charge on any atom is -0.497 e. The van der Waals surface area contributed by atoms with Gasteiger partial charge in [0, 0.05) is 0 Å². The van der Waals surface area contributed by atoms with E-state index in [0.717, 1.165) is 17.7 Å². The van der Waals surface area contributed by atoms with Crippen molar-refractivity contribution in [2.24, 2.45) is 0 Å². The molecule has 0 unspecified atom stereocenters. The van der Waals surface area contributed by atoms with Crippen LogP contribution in [0.2, 0.25) is 0 Å². The molecular weight excluding hydrogens is 194 g/mol. The monoisotopic (exact) mass is 207 g/mol. The van der Waals surface area contributed by atoms with E-state index in [4.69, 9.17) is 9.47 Å². The summed E-state index contributed by atoms with van der Waals surface area (Å²) >= 11 is 0. The van der Waals surface area contributed by atoms with Crippen LogP contribution in [-0.2, 0) is 11.2 Å². The summed E-state index contributed by atoms with van der Waals surface area (Å²) in [6.07, 6.45) is 0.462. The maximum Gasteiger partial charge on any atom is 0.407 e. The van der Waals surface area contributed by atoms with E-state index < -0.39 is 0 Å². The van der Waals surface area contributed by atoms with Crippen LogP contribution in [0.4, 0.5) is 4.79 Å². The molecule has 1 N–H and O–H groups in total. The maximum atomic E-state index is 10.8. The Morgan fingerprint density at radius 2 is 2.20 bits per heavy atom. The molecule has 1 heterocycles. The Hall–Kier alpha value is -1.71. The molecule has 0 aliphatic carbocycles. The molecule has 0 saturated carbocycles. The number of carbonyl (C=O) groups is 1. The van der Waals surface area contributed by atoms with Crippen LogP contribution in [0, 0.1) is 0 Å². The van der Waals surface area contributed by atoms with Crippen molar-refractivity contribution in [2.75, 3.05) is 13.7 Å². The Kier molecular flexibility index (Phi) is 2.76. The summed E-state index contributed by atoms with van der Waals surface area (Å²) in [6, 6.07) is 7.89. The van der Waals surface area contributed by atoms with Gasteiger partial charge in [0.25, 0.3) is 0 Å². The zero-order chi connectivity index (χ0) is 10.7. The van der Waals surface area contributed by atoms with Gasteiger partial charge in [-0.3, -0.25) is 0 Å². The van der Waals surface area contributed by atoms with Crippen LogP contribution >= 0.6 is 0 Å². The summed E-state index contributed by atoms with van der Waals surface area (Å²) in [4.78, 5) is 10.8. The van der Waals surface area contributed by atoms with Gasteiger partial charge in [-0.25, -0.2) is 4.79 Å². The van der Waals surface area contributed by atoms with Gasteiger partial charge in [0.05, 0.1) is 13.2 Å². The van der Waals surface area contributed by atoms with Gasteiger partial charge < -0.3 is 14.8 Å². The normalized spacial score (nSPS) is 19.5. The number of alkyl carbamates (subject to hydrolysis) is 1. The summed E-state index contributed by atoms with van der Waals surface area (Å²) in [5.41, 5.74) is 1.16. The molecule has 1 aliphatic rings. The zero-order valence-corrected chi connectivity index (χ0v) is 8.53. The van der Waals surface area contributed by atoms with Gasteiger partial charge in [0.15, 0.2) is 0 Å². The van der Waals surface area contributed by atoms with E-state index in [2.05, 4.69) is 5.32 Å². The third kappa shape index (κ3) is 2.40. The molecular formula is C11H13NO3. The topological polar surface area (TPSA) is 47.6 Å². The molecule has 1 aliphatic heterocycles. The molecule has 4 nitrogen and oxygen atoms in total. The molecule has 1 atom stereocenters. The predicted molar refractivity (Wildman–Crippen MR) is 55.0 cm³/mol. The van der Waals surface area contributed by atoms with Crippen LogP contribution in [0.1, 0.15) is 5.56 Å². The predicted octanol–water partition coefficient (Wildman–Crippen LogP) is 1.35. The fraction of sp³-hybridized carbons (Fsp3) is 0.364. The molecule has 2 rings (SSSR count). The summed E-state index contributed by atoms with van der Waals surface area (Å²) in [7, 11) is 1.64. The first-order chi connectivity index (χ1) is 7.28. The first-order valence-electron chi connectivity index (χ1n) is 4.84. The lowest BCUT2D eigenvalue weighted by Crippen LogP contribution is -2.28. The Morgan fingerprint density at radius 3 is 2.73 bits per heavy atom. The van der Waals surface area contributed by atoms with Crippen molar-refractivity contribution in [3.8, 4) is 5.75 Å². The van der Waals surface area contributed by atoms with Crippen molar-refractivity contribution in [2.45, 2.75) is 12.5 Å². The molecule has 1 fully saturated rings. The molecule has 0 aromatic heterocycles. The molecule has 15 heavy (non-hydrogen) atoms. The SMILES string of the molecule is COc1ccc(C[C@@H]2COC(=O)N2)cc1. The third-order valence-corrected chi connectivity index (χ3v) is 2.38. The van der Waals surface area contributed by atoms with Crippen LogP contribution < -0.4 is 10.1 Å². The molecule has 1 aromatic rings. The zero-order valence-electron chi connectivity index (χ0n) is 8.53. The Bertz CT molecular complexity index is 347. The number of benzene rings is 1. The maximum absolute atomic E-state index is 10.8. The standard InChI is InChI=1S/C11H13NO3/c1-14-10-4-2-8(3-5-10)6-9-7-15-11(13)12-9/h2-5,9H,6-7H2,1H3,(H,12,13)/t9-/m1/s1. The number of hydrogen-bond acceptors (Lipinski definition) is 3. The number of hydrogen-bond donors (Lipinski definition) is 1. The van der Waals surface area contributed by atoms with E-state index in [1.54, 1.807) is 7.11 Å². The van der Waals surface area contributed by atoms with Crippen molar-refractivity contribution in [3.05, 3.63) is 29.8 Å². The van der Waals surface area contributed by atoms with Gasteiger partial charge in [-0.2, -0.15) is 0 Å². The first kappa shape index (κ1) is 9.83. The van der Waals surface area contributed by atoms with Crippen molar-refractivity contribution >= 4 is 6.09 Å². The average Bonchev–Trinajstić information content (AvgIpc) is 2.65. The highest BCUT2D eigenvalue weighted by atomic mass is 16.6. The van der Waals surface area contributed by atoms with E-state index in [-0.39, 0.29) is 12.1 Å². The summed E-state index contributed by atoms with van der Waals surface area (Å²) < 4.78 is 9.87. The minimum atomic E-state index is -0.325. The highest BCUT2D eigenvalue weighted by Gasteiger charge is 2.21. The molecule has 1 amide bonds. The lowest BCUT2D eigenvalue weighted by Gasteiger charge is -2.07. The van der Waals surface area contributed by atoms with Crippen molar-refractivity contribution in [1.29, 1.82) is 0 Å². The number of methoxy groups -OCH3 is 1. The fourth-order valence-electron chi connectivity index (χ4n) is 1.58. The molecule has 1 saturated heterocycles. The van der Waals surface area contributed by atoms with E-state index in [9.17, 15) is 4.79 Å². The lowest BCUT2D eigenvalue weighted by atomic mass is 10.1.